The van der Waals surface area contributed by atoms with Crippen molar-refractivity contribution in [2.45, 2.75) is 43.4 Å². The van der Waals surface area contributed by atoms with Crippen molar-refractivity contribution in [3.05, 3.63) is 28.8 Å². The number of halogens is 2. The molecule has 1 fully saturated rings. The van der Waals surface area contributed by atoms with E-state index in [2.05, 4.69) is 0 Å². The molecular formula is C14H18Cl2O. The average Bonchev–Trinajstić information content (AvgIpc) is 2.54. The van der Waals surface area contributed by atoms with Gasteiger partial charge in [-0.15, -0.1) is 11.6 Å². The molecule has 0 heterocycles. The minimum absolute atomic E-state index is 0.199. The summed E-state index contributed by atoms with van der Waals surface area (Å²) < 4.78 is 5.43. The quantitative estimate of drug-likeness (QED) is 0.544. The molecular weight excluding hydrogens is 255 g/mol. The summed E-state index contributed by atoms with van der Waals surface area (Å²) in [5, 5.41) is 0.957. The van der Waals surface area contributed by atoms with Crippen LogP contribution in [0.2, 0.25) is 5.02 Å². The van der Waals surface area contributed by atoms with E-state index in [4.69, 9.17) is 27.9 Å². The Morgan fingerprint density at radius 2 is 1.94 bits per heavy atom. The maximum atomic E-state index is 6.50. The van der Waals surface area contributed by atoms with E-state index in [0.29, 0.717) is 5.92 Å². The molecule has 1 aromatic carbocycles. The SMILES string of the molecule is COc1ccc(Cl)cc1C1CCCCCC1Cl. The molecule has 1 aliphatic rings. The van der Waals surface area contributed by atoms with Crippen molar-refractivity contribution in [2.75, 3.05) is 7.11 Å². The first-order chi connectivity index (χ1) is 8.22. The van der Waals surface area contributed by atoms with E-state index < -0.39 is 0 Å². The molecule has 17 heavy (non-hydrogen) atoms. The fourth-order valence-corrected chi connectivity index (χ4v) is 3.20. The Balaban J connectivity index is 2.32. The summed E-state index contributed by atoms with van der Waals surface area (Å²) in [4.78, 5) is 0. The molecule has 94 valence electrons. The van der Waals surface area contributed by atoms with E-state index in [1.807, 2.05) is 18.2 Å². The second kappa shape index (κ2) is 5.97. The molecule has 0 radical (unpaired) electrons. The molecule has 1 nitrogen and oxygen atoms in total. The van der Waals surface area contributed by atoms with Crippen LogP contribution in [0.15, 0.2) is 18.2 Å². The first-order valence-electron chi connectivity index (χ1n) is 6.20. The van der Waals surface area contributed by atoms with Gasteiger partial charge in [0.15, 0.2) is 0 Å². The summed E-state index contributed by atoms with van der Waals surface area (Å²) in [6.45, 7) is 0. The molecule has 0 aliphatic heterocycles. The molecule has 3 heteroatoms. The molecule has 0 amide bonds. The van der Waals surface area contributed by atoms with Crippen LogP contribution in [0, 0.1) is 0 Å². The summed E-state index contributed by atoms with van der Waals surface area (Å²) in [6, 6.07) is 5.81. The molecule has 0 saturated heterocycles. The number of hydrogen-bond donors (Lipinski definition) is 0. The van der Waals surface area contributed by atoms with Crippen LogP contribution in [0.25, 0.3) is 0 Å². The van der Waals surface area contributed by atoms with Gasteiger partial charge in [-0.2, -0.15) is 0 Å². The van der Waals surface area contributed by atoms with Crippen molar-refractivity contribution in [1.29, 1.82) is 0 Å². The number of alkyl halides is 1. The summed E-state index contributed by atoms with van der Waals surface area (Å²) in [6.07, 6.45) is 5.96. The normalized spacial score (nSPS) is 25.4. The van der Waals surface area contributed by atoms with Gasteiger partial charge in [0.2, 0.25) is 0 Å². The summed E-state index contributed by atoms with van der Waals surface area (Å²) in [7, 11) is 1.70. The maximum Gasteiger partial charge on any atom is 0.122 e. The van der Waals surface area contributed by atoms with E-state index in [1.165, 1.54) is 24.8 Å². The Hall–Kier alpha value is -0.400. The second-order valence-corrected chi connectivity index (χ2v) is 5.64. The first kappa shape index (κ1) is 13.0. The molecule has 0 bridgehead atoms. The first-order valence-corrected chi connectivity index (χ1v) is 7.01. The highest BCUT2D eigenvalue weighted by Crippen LogP contribution is 2.40. The Morgan fingerprint density at radius 3 is 2.71 bits per heavy atom. The van der Waals surface area contributed by atoms with Crippen LogP contribution in [0.3, 0.4) is 0 Å². The predicted octanol–water partition coefficient (Wildman–Crippen LogP) is 5.00. The van der Waals surface area contributed by atoms with Gasteiger partial charge in [-0.05, 0) is 31.0 Å². The van der Waals surface area contributed by atoms with Gasteiger partial charge in [0.25, 0.3) is 0 Å². The standard InChI is InChI=1S/C14H18Cl2O/c1-17-14-8-7-10(15)9-12(14)11-5-3-2-4-6-13(11)16/h7-9,11,13H,2-6H2,1H3. The lowest BCUT2D eigenvalue weighted by Crippen LogP contribution is -2.12. The zero-order chi connectivity index (χ0) is 12.3. The van der Waals surface area contributed by atoms with Crippen LogP contribution in [0.1, 0.15) is 43.6 Å². The number of ether oxygens (including phenoxy) is 1. The van der Waals surface area contributed by atoms with Crippen LogP contribution in [-0.2, 0) is 0 Å². The van der Waals surface area contributed by atoms with E-state index in [1.54, 1.807) is 7.11 Å². The van der Waals surface area contributed by atoms with Gasteiger partial charge in [0.05, 0.1) is 7.11 Å². The van der Waals surface area contributed by atoms with Gasteiger partial charge in [-0.1, -0.05) is 30.9 Å². The van der Waals surface area contributed by atoms with Gasteiger partial charge in [-0.25, -0.2) is 0 Å². The molecule has 2 unspecified atom stereocenters. The van der Waals surface area contributed by atoms with Gasteiger partial charge in [0, 0.05) is 21.9 Å². The third kappa shape index (κ3) is 3.08. The van der Waals surface area contributed by atoms with Crippen molar-refractivity contribution in [3.8, 4) is 5.75 Å². The summed E-state index contributed by atoms with van der Waals surface area (Å²) >= 11 is 12.6. The second-order valence-electron chi connectivity index (χ2n) is 4.65. The van der Waals surface area contributed by atoms with Crippen molar-refractivity contribution in [3.63, 3.8) is 0 Å². The van der Waals surface area contributed by atoms with Crippen molar-refractivity contribution in [1.82, 2.24) is 0 Å². The lowest BCUT2D eigenvalue weighted by Gasteiger charge is -2.22. The van der Waals surface area contributed by atoms with Crippen LogP contribution in [-0.4, -0.2) is 12.5 Å². The zero-order valence-electron chi connectivity index (χ0n) is 10.1. The molecule has 0 N–H and O–H groups in total. The summed E-state index contributed by atoms with van der Waals surface area (Å²) in [5.74, 6) is 1.28. The van der Waals surface area contributed by atoms with Crippen LogP contribution >= 0.6 is 23.2 Å². The monoisotopic (exact) mass is 272 g/mol. The Labute approximate surface area is 113 Å². The van der Waals surface area contributed by atoms with E-state index >= 15 is 0 Å². The van der Waals surface area contributed by atoms with Gasteiger partial charge < -0.3 is 4.74 Å². The third-order valence-electron chi connectivity index (χ3n) is 3.52. The minimum atomic E-state index is 0.199. The lowest BCUT2D eigenvalue weighted by molar-refractivity contribution is 0.402. The fraction of sp³-hybridized carbons (Fsp3) is 0.571. The lowest BCUT2D eigenvalue weighted by atomic mass is 9.90. The highest BCUT2D eigenvalue weighted by atomic mass is 35.5. The molecule has 1 aliphatic carbocycles. The maximum absolute atomic E-state index is 6.50. The summed E-state index contributed by atoms with van der Waals surface area (Å²) in [5.41, 5.74) is 1.17. The number of benzene rings is 1. The van der Waals surface area contributed by atoms with Gasteiger partial charge in [-0.3, -0.25) is 0 Å². The highest BCUT2D eigenvalue weighted by Gasteiger charge is 2.26. The Kier molecular flexibility index (Phi) is 4.58. The third-order valence-corrected chi connectivity index (χ3v) is 4.28. The largest absolute Gasteiger partial charge is 0.496 e. The minimum Gasteiger partial charge on any atom is -0.496 e. The number of hydrogen-bond acceptors (Lipinski definition) is 1. The zero-order valence-corrected chi connectivity index (χ0v) is 11.6. The predicted molar refractivity (Wildman–Crippen MR) is 73.5 cm³/mol. The van der Waals surface area contributed by atoms with Crippen LogP contribution in [0.4, 0.5) is 0 Å². The van der Waals surface area contributed by atoms with Crippen molar-refractivity contribution in [2.24, 2.45) is 0 Å². The molecule has 1 saturated carbocycles. The van der Waals surface area contributed by atoms with Crippen molar-refractivity contribution >= 4 is 23.2 Å². The molecule has 1 aromatic rings. The van der Waals surface area contributed by atoms with E-state index in [9.17, 15) is 0 Å². The van der Waals surface area contributed by atoms with Gasteiger partial charge >= 0.3 is 0 Å². The van der Waals surface area contributed by atoms with E-state index in [0.717, 1.165) is 23.6 Å². The molecule has 0 aromatic heterocycles. The number of rotatable bonds is 2. The van der Waals surface area contributed by atoms with Crippen molar-refractivity contribution < 1.29 is 4.74 Å². The number of methoxy groups -OCH3 is 1. The molecule has 2 atom stereocenters. The molecule has 0 spiro atoms. The smallest absolute Gasteiger partial charge is 0.122 e. The highest BCUT2D eigenvalue weighted by molar-refractivity contribution is 6.30. The van der Waals surface area contributed by atoms with E-state index in [-0.39, 0.29) is 5.38 Å². The van der Waals surface area contributed by atoms with Gasteiger partial charge in [0.1, 0.15) is 5.75 Å². The topological polar surface area (TPSA) is 9.23 Å². The Morgan fingerprint density at radius 1 is 1.18 bits per heavy atom. The molecule has 2 rings (SSSR count). The van der Waals surface area contributed by atoms with Crippen LogP contribution in [0.5, 0.6) is 5.75 Å². The Bertz CT molecular complexity index is 378. The van der Waals surface area contributed by atoms with Crippen LogP contribution < -0.4 is 4.74 Å². The fourth-order valence-electron chi connectivity index (χ4n) is 2.61. The average molecular weight is 273 g/mol.